The smallest absolute Gasteiger partial charge is 0.250 e. The predicted octanol–water partition coefficient (Wildman–Crippen LogP) is 2.62. The van der Waals surface area contributed by atoms with Crippen LogP contribution in [0.1, 0.15) is 5.56 Å². The van der Waals surface area contributed by atoms with Crippen molar-refractivity contribution in [1.82, 2.24) is 15.0 Å². The molecule has 11 nitrogen and oxygen atoms in total. The molecular formula is C20H21FN8O3. The molecule has 4 N–H and O–H groups in total. The lowest BCUT2D eigenvalue weighted by molar-refractivity contribution is 0.0291. The summed E-state index contributed by atoms with van der Waals surface area (Å²) in [5.74, 6) is 0.619. The van der Waals surface area contributed by atoms with E-state index in [1.54, 1.807) is 24.3 Å². The average Bonchev–Trinajstić information content (AvgIpc) is 2.81. The molecule has 0 amide bonds. The number of hydrazone groups is 1. The third kappa shape index (κ3) is 5.63. The summed E-state index contributed by atoms with van der Waals surface area (Å²) < 4.78 is 18.6. The molecule has 2 heterocycles. The third-order valence-corrected chi connectivity index (χ3v) is 4.52. The first-order chi connectivity index (χ1) is 15.6. The van der Waals surface area contributed by atoms with Crippen molar-refractivity contribution in [3.8, 4) is 0 Å². The molecule has 1 aromatic heterocycles. The van der Waals surface area contributed by atoms with Gasteiger partial charge >= 0.3 is 0 Å². The summed E-state index contributed by atoms with van der Waals surface area (Å²) in [5, 5.41) is 25.2. The van der Waals surface area contributed by atoms with Crippen molar-refractivity contribution >= 4 is 35.4 Å². The standard InChI is InChI=1S/C20H21FN8O3/c21-15-3-5-16(6-4-15)23-18-24-19(26-20(25-18)28-9-11-32-12-10-28)27-22-13-14-1-7-17(8-2-14)29(30)31/h1-8,13,30-31H,9-12H2,(H2,23,24,25,26,27)/b22-13+. The summed E-state index contributed by atoms with van der Waals surface area (Å²) >= 11 is 0. The normalized spacial score (nSPS) is 13.9. The Labute approximate surface area is 182 Å². The molecule has 1 saturated heterocycles. The molecule has 0 aliphatic carbocycles. The fourth-order valence-electron chi connectivity index (χ4n) is 2.90. The van der Waals surface area contributed by atoms with Crippen molar-refractivity contribution in [3.63, 3.8) is 0 Å². The van der Waals surface area contributed by atoms with Crippen LogP contribution in [-0.4, -0.2) is 57.9 Å². The Kier molecular flexibility index (Phi) is 6.65. The quantitative estimate of drug-likeness (QED) is 0.321. The van der Waals surface area contributed by atoms with Crippen molar-refractivity contribution in [1.29, 1.82) is 0 Å². The summed E-state index contributed by atoms with van der Waals surface area (Å²) in [6.45, 7) is 2.43. The number of aromatic nitrogens is 3. The van der Waals surface area contributed by atoms with Crippen molar-refractivity contribution in [2.45, 2.75) is 0 Å². The molecule has 2 aromatic carbocycles. The van der Waals surface area contributed by atoms with Gasteiger partial charge in [0.15, 0.2) is 0 Å². The molecule has 4 rings (SSSR count). The number of morpholine rings is 1. The molecule has 0 spiro atoms. The van der Waals surface area contributed by atoms with Gasteiger partial charge in [0.2, 0.25) is 17.8 Å². The zero-order chi connectivity index (χ0) is 22.3. The second-order valence-electron chi connectivity index (χ2n) is 6.76. The van der Waals surface area contributed by atoms with Crippen LogP contribution in [0.3, 0.4) is 0 Å². The maximum atomic E-state index is 13.2. The molecule has 0 bridgehead atoms. The van der Waals surface area contributed by atoms with Gasteiger partial charge in [-0.05, 0) is 42.0 Å². The van der Waals surface area contributed by atoms with E-state index in [4.69, 9.17) is 15.2 Å². The minimum Gasteiger partial charge on any atom is -0.378 e. The predicted molar refractivity (Wildman–Crippen MR) is 116 cm³/mol. The first-order valence-corrected chi connectivity index (χ1v) is 9.75. The highest BCUT2D eigenvalue weighted by Gasteiger charge is 2.16. The molecule has 12 heteroatoms. The second-order valence-corrected chi connectivity index (χ2v) is 6.76. The van der Waals surface area contributed by atoms with E-state index in [0.29, 0.717) is 37.9 Å². The van der Waals surface area contributed by atoms with Crippen molar-refractivity contribution < 1.29 is 19.5 Å². The van der Waals surface area contributed by atoms with Gasteiger partial charge in [0, 0.05) is 18.8 Å². The van der Waals surface area contributed by atoms with Crippen LogP contribution in [0.2, 0.25) is 0 Å². The maximum Gasteiger partial charge on any atom is 0.250 e. The first-order valence-electron chi connectivity index (χ1n) is 9.75. The van der Waals surface area contributed by atoms with Gasteiger partial charge in [-0.3, -0.25) is 10.4 Å². The highest BCUT2D eigenvalue weighted by molar-refractivity contribution is 5.80. The van der Waals surface area contributed by atoms with E-state index in [-0.39, 0.29) is 28.6 Å². The Balaban J connectivity index is 1.53. The molecule has 1 aliphatic rings. The van der Waals surface area contributed by atoms with Gasteiger partial charge in [-0.2, -0.15) is 20.1 Å². The van der Waals surface area contributed by atoms with E-state index in [1.165, 1.54) is 30.5 Å². The van der Waals surface area contributed by atoms with Gasteiger partial charge in [0.05, 0.1) is 25.1 Å². The van der Waals surface area contributed by atoms with Gasteiger partial charge < -0.3 is 15.0 Å². The van der Waals surface area contributed by atoms with Crippen LogP contribution in [0, 0.1) is 5.82 Å². The number of anilines is 5. The van der Waals surface area contributed by atoms with E-state index in [9.17, 15) is 4.39 Å². The molecule has 0 radical (unpaired) electrons. The van der Waals surface area contributed by atoms with Gasteiger partial charge in [-0.15, -0.1) is 5.23 Å². The summed E-state index contributed by atoms with van der Waals surface area (Å²) in [6, 6.07) is 12.2. The monoisotopic (exact) mass is 440 g/mol. The van der Waals surface area contributed by atoms with E-state index < -0.39 is 0 Å². The number of ether oxygens (including phenoxy) is 1. The van der Waals surface area contributed by atoms with Gasteiger partial charge in [-0.25, -0.2) is 9.82 Å². The number of hydrogen-bond donors (Lipinski definition) is 4. The number of nitrogens with zero attached hydrogens (tertiary/aromatic N) is 6. The lowest BCUT2D eigenvalue weighted by Crippen LogP contribution is -2.37. The van der Waals surface area contributed by atoms with Gasteiger partial charge in [0.1, 0.15) is 5.82 Å². The molecule has 1 fully saturated rings. The molecule has 0 atom stereocenters. The fraction of sp³-hybridized carbons (Fsp3) is 0.200. The van der Waals surface area contributed by atoms with Crippen molar-refractivity contribution in [3.05, 3.63) is 59.9 Å². The number of nitrogens with one attached hydrogen (secondary N) is 2. The fourth-order valence-corrected chi connectivity index (χ4v) is 2.90. The Morgan fingerprint density at radius 3 is 2.34 bits per heavy atom. The lowest BCUT2D eigenvalue weighted by atomic mass is 10.2. The lowest BCUT2D eigenvalue weighted by Gasteiger charge is -2.27. The zero-order valence-electron chi connectivity index (χ0n) is 16.9. The van der Waals surface area contributed by atoms with Gasteiger partial charge in [-0.1, -0.05) is 12.1 Å². The first kappa shape index (κ1) is 21.4. The van der Waals surface area contributed by atoms with Crippen LogP contribution in [0.5, 0.6) is 0 Å². The Morgan fingerprint density at radius 1 is 0.969 bits per heavy atom. The Bertz CT molecular complexity index is 1060. The van der Waals surface area contributed by atoms with Crippen LogP contribution < -0.4 is 20.9 Å². The molecule has 1 aliphatic heterocycles. The van der Waals surface area contributed by atoms with Gasteiger partial charge in [0.25, 0.3) is 0 Å². The number of halogens is 1. The van der Waals surface area contributed by atoms with Crippen LogP contribution in [0.15, 0.2) is 53.6 Å². The molecule has 166 valence electrons. The topological polar surface area (TPSA) is 131 Å². The number of hydrogen-bond acceptors (Lipinski definition) is 11. The van der Waals surface area contributed by atoms with Crippen LogP contribution in [-0.2, 0) is 4.74 Å². The molecule has 0 saturated carbocycles. The molecule has 0 unspecified atom stereocenters. The SMILES string of the molecule is ON(O)c1ccc(/C=N/Nc2nc(Nc3ccc(F)cc3)nc(N3CCOCC3)n2)cc1. The summed E-state index contributed by atoms with van der Waals surface area (Å²) in [5.41, 5.74) is 4.35. The summed E-state index contributed by atoms with van der Waals surface area (Å²) in [6.07, 6.45) is 1.54. The minimum absolute atomic E-state index is 0.0345. The number of benzene rings is 2. The maximum absolute atomic E-state index is 13.2. The highest BCUT2D eigenvalue weighted by Crippen LogP contribution is 2.19. The van der Waals surface area contributed by atoms with E-state index in [2.05, 4.69) is 30.8 Å². The summed E-state index contributed by atoms with van der Waals surface area (Å²) in [4.78, 5) is 15.2. The average molecular weight is 440 g/mol. The van der Waals surface area contributed by atoms with Crippen molar-refractivity contribution in [2.75, 3.05) is 47.2 Å². The highest BCUT2D eigenvalue weighted by atomic mass is 19.1. The second kappa shape index (κ2) is 9.96. The zero-order valence-corrected chi connectivity index (χ0v) is 16.9. The molecule has 3 aromatic rings. The van der Waals surface area contributed by atoms with E-state index in [1.807, 2.05) is 4.90 Å². The molecule has 32 heavy (non-hydrogen) atoms. The van der Waals surface area contributed by atoms with Crippen molar-refractivity contribution in [2.24, 2.45) is 5.10 Å². The summed E-state index contributed by atoms with van der Waals surface area (Å²) in [7, 11) is 0. The van der Waals surface area contributed by atoms with E-state index in [0.717, 1.165) is 5.56 Å². The van der Waals surface area contributed by atoms with Crippen LogP contribution in [0.25, 0.3) is 0 Å². The van der Waals surface area contributed by atoms with Crippen LogP contribution in [0.4, 0.5) is 33.6 Å². The Hall–Kier alpha value is -3.87. The minimum atomic E-state index is -0.337. The third-order valence-electron chi connectivity index (χ3n) is 4.52. The molecular weight excluding hydrogens is 419 g/mol. The Morgan fingerprint density at radius 2 is 1.66 bits per heavy atom. The number of rotatable bonds is 7. The van der Waals surface area contributed by atoms with E-state index >= 15 is 0 Å². The largest absolute Gasteiger partial charge is 0.378 e. The van der Waals surface area contributed by atoms with Crippen LogP contribution >= 0.6 is 0 Å².